The molecule has 0 radical (unpaired) electrons. The predicted molar refractivity (Wildman–Crippen MR) is 64.0 cm³/mol. The first-order chi connectivity index (χ1) is 6.72. The molecule has 14 heavy (non-hydrogen) atoms. The van der Waals surface area contributed by atoms with Gasteiger partial charge in [0.2, 0.25) is 0 Å². The number of hydrogen-bond acceptors (Lipinski definition) is 2. The van der Waals surface area contributed by atoms with Crippen molar-refractivity contribution in [2.24, 2.45) is 0 Å². The number of benzene rings is 1. The maximum absolute atomic E-state index is 5.16. The molecule has 0 spiro atoms. The topological polar surface area (TPSA) is 9.23 Å². The molecule has 2 heteroatoms. The first kappa shape index (κ1) is 11.2. The Hall–Kier alpha value is -0.890. The molecule has 0 saturated carbocycles. The van der Waals surface area contributed by atoms with Crippen LogP contribution in [0.1, 0.15) is 12.5 Å². The Bertz CT molecular complexity index is 307. The van der Waals surface area contributed by atoms with Crippen LogP contribution in [-0.2, 0) is 5.75 Å². The third-order valence-corrected chi connectivity index (χ3v) is 2.99. The van der Waals surface area contributed by atoms with E-state index in [2.05, 4.69) is 25.6 Å². The molecule has 1 aromatic rings. The molecule has 0 fully saturated rings. The molecule has 76 valence electrons. The van der Waals surface area contributed by atoms with Crippen molar-refractivity contribution < 1.29 is 4.74 Å². The van der Waals surface area contributed by atoms with Gasteiger partial charge in [0, 0.05) is 11.5 Å². The average Bonchev–Trinajstić information content (AvgIpc) is 2.18. The fourth-order valence-corrected chi connectivity index (χ4v) is 1.97. The molecule has 0 aliphatic rings. The van der Waals surface area contributed by atoms with E-state index in [0.29, 0.717) is 0 Å². The molecule has 1 nitrogen and oxygen atoms in total. The van der Waals surface area contributed by atoms with Crippen LogP contribution in [-0.4, -0.2) is 12.9 Å². The van der Waals surface area contributed by atoms with Crippen LogP contribution in [0.25, 0.3) is 0 Å². The zero-order valence-corrected chi connectivity index (χ0v) is 9.56. The Balaban J connectivity index is 2.46. The minimum Gasteiger partial charge on any atom is -0.497 e. The van der Waals surface area contributed by atoms with Crippen LogP contribution in [0.15, 0.2) is 36.4 Å². The molecule has 0 aliphatic carbocycles. The number of rotatable bonds is 5. The molecular weight excluding hydrogens is 192 g/mol. The first-order valence-corrected chi connectivity index (χ1v) is 5.73. The third kappa shape index (κ3) is 3.88. The summed E-state index contributed by atoms with van der Waals surface area (Å²) < 4.78 is 5.16. The minimum atomic E-state index is 0.929. The highest BCUT2D eigenvalue weighted by atomic mass is 32.2. The SMILES string of the molecule is C=C(C)CSCc1cccc(OC)c1. The molecule has 1 rings (SSSR count). The monoisotopic (exact) mass is 208 g/mol. The third-order valence-electron chi connectivity index (χ3n) is 1.75. The van der Waals surface area contributed by atoms with Gasteiger partial charge >= 0.3 is 0 Å². The van der Waals surface area contributed by atoms with Crippen LogP contribution in [0, 0.1) is 0 Å². The highest BCUT2D eigenvalue weighted by molar-refractivity contribution is 7.98. The van der Waals surface area contributed by atoms with Gasteiger partial charge in [-0.25, -0.2) is 0 Å². The molecule has 0 saturated heterocycles. The van der Waals surface area contributed by atoms with Crippen molar-refractivity contribution in [2.45, 2.75) is 12.7 Å². The lowest BCUT2D eigenvalue weighted by Crippen LogP contribution is -1.86. The highest BCUT2D eigenvalue weighted by Gasteiger charge is 1.96. The molecule has 0 amide bonds. The maximum Gasteiger partial charge on any atom is 0.119 e. The van der Waals surface area contributed by atoms with Crippen LogP contribution in [0.4, 0.5) is 0 Å². The molecule has 1 aromatic carbocycles. The number of ether oxygens (including phenoxy) is 1. The van der Waals surface area contributed by atoms with E-state index in [-0.39, 0.29) is 0 Å². The zero-order valence-electron chi connectivity index (χ0n) is 8.75. The van der Waals surface area contributed by atoms with Crippen molar-refractivity contribution in [1.29, 1.82) is 0 Å². The Morgan fingerprint density at radius 1 is 1.50 bits per heavy atom. The van der Waals surface area contributed by atoms with Crippen molar-refractivity contribution in [1.82, 2.24) is 0 Å². The molecule has 0 bridgehead atoms. The summed E-state index contributed by atoms with van der Waals surface area (Å²) in [6, 6.07) is 8.18. The van der Waals surface area contributed by atoms with Crippen molar-refractivity contribution in [3.8, 4) is 5.75 Å². The Morgan fingerprint density at radius 3 is 2.93 bits per heavy atom. The van der Waals surface area contributed by atoms with Crippen LogP contribution >= 0.6 is 11.8 Å². The van der Waals surface area contributed by atoms with E-state index in [0.717, 1.165) is 17.3 Å². The van der Waals surface area contributed by atoms with Gasteiger partial charge in [0.15, 0.2) is 0 Å². The summed E-state index contributed by atoms with van der Waals surface area (Å²) in [5, 5.41) is 0. The second-order valence-electron chi connectivity index (χ2n) is 3.30. The summed E-state index contributed by atoms with van der Waals surface area (Å²) in [5.74, 6) is 2.97. The Morgan fingerprint density at radius 2 is 2.29 bits per heavy atom. The van der Waals surface area contributed by atoms with Gasteiger partial charge in [-0.05, 0) is 24.6 Å². The van der Waals surface area contributed by atoms with Crippen LogP contribution in [0.2, 0.25) is 0 Å². The largest absolute Gasteiger partial charge is 0.497 e. The van der Waals surface area contributed by atoms with Gasteiger partial charge in [0.25, 0.3) is 0 Å². The molecule has 0 unspecified atom stereocenters. The van der Waals surface area contributed by atoms with Crippen molar-refractivity contribution in [2.75, 3.05) is 12.9 Å². The molecular formula is C12H16OS. The van der Waals surface area contributed by atoms with Crippen LogP contribution in [0.3, 0.4) is 0 Å². The lowest BCUT2D eigenvalue weighted by atomic mass is 10.2. The minimum absolute atomic E-state index is 0.929. The molecule has 0 heterocycles. The summed E-state index contributed by atoms with van der Waals surface area (Å²) >= 11 is 1.88. The zero-order chi connectivity index (χ0) is 10.4. The Labute approximate surface area is 90.2 Å². The summed E-state index contributed by atoms with van der Waals surface area (Å²) in [6.07, 6.45) is 0. The Kier molecular flexibility index (Phi) is 4.60. The lowest BCUT2D eigenvalue weighted by molar-refractivity contribution is 0.414. The van der Waals surface area contributed by atoms with Gasteiger partial charge in [-0.1, -0.05) is 24.3 Å². The number of methoxy groups -OCH3 is 1. The van der Waals surface area contributed by atoms with Gasteiger partial charge in [-0.15, -0.1) is 0 Å². The maximum atomic E-state index is 5.16. The average molecular weight is 208 g/mol. The second kappa shape index (κ2) is 5.76. The van der Waals surface area contributed by atoms with Crippen molar-refractivity contribution in [3.63, 3.8) is 0 Å². The van der Waals surface area contributed by atoms with Gasteiger partial charge in [-0.2, -0.15) is 11.8 Å². The van der Waals surface area contributed by atoms with E-state index >= 15 is 0 Å². The molecule has 0 atom stereocenters. The van der Waals surface area contributed by atoms with Crippen molar-refractivity contribution in [3.05, 3.63) is 42.0 Å². The van der Waals surface area contributed by atoms with Crippen LogP contribution in [0.5, 0.6) is 5.75 Å². The van der Waals surface area contributed by atoms with E-state index in [9.17, 15) is 0 Å². The fourth-order valence-electron chi connectivity index (χ4n) is 1.11. The summed E-state index contributed by atoms with van der Waals surface area (Å²) in [6.45, 7) is 5.93. The smallest absolute Gasteiger partial charge is 0.119 e. The van der Waals surface area contributed by atoms with E-state index in [4.69, 9.17) is 4.74 Å². The van der Waals surface area contributed by atoms with E-state index in [1.807, 2.05) is 23.9 Å². The van der Waals surface area contributed by atoms with Gasteiger partial charge in [0.05, 0.1) is 7.11 Å². The highest BCUT2D eigenvalue weighted by Crippen LogP contribution is 2.18. The quantitative estimate of drug-likeness (QED) is 0.685. The van der Waals surface area contributed by atoms with E-state index < -0.39 is 0 Å². The predicted octanol–water partition coefficient (Wildman–Crippen LogP) is 3.50. The molecule has 0 N–H and O–H groups in total. The summed E-state index contributed by atoms with van der Waals surface area (Å²) in [4.78, 5) is 0. The second-order valence-corrected chi connectivity index (χ2v) is 4.29. The molecule has 0 aromatic heterocycles. The van der Waals surface area contributed by atoms with E-state index in [1.165, 1.54) is 11.1 Å². The summed E-state index contributed by atoms with van der Waals surface area (Å²) in [7, 11) is 1.69. The number of thioether (sulfide) groups is 1. The summed E-state index contributed by atoms with van der Waals surface area (Å²) in [5.41, 5.74) is 2.52. The lowest BCUT2D eigenvalue weighted by Gasteiger charge is -2.04. The van der Waals surface area contributed by atoms with Crippen molar-refractivity contribution >= 4 is 11.8 Å². The molecule has 0 aliphatic heterocycles. The number of hydrogen-bond donors (Lipinski definition) is 0. The normalized spacial score (nSPS) is 9.86. The standard InChI is InChI=1S/C12H16OS/c1-10(2)8-14-9-11-5-4-6-12(7-11)13-3/h4-7H,1,8-9H2,2-3H3. The van der Waals surface area contributed by atoms with Crippen LogP contribution < -0.4 is 4.74 Å². The van der Waals surface area contributed by atoms with Gasteiger partial charge in [-0.3, -0.25) is 0 Å². The first-order valence-electron chi connectivity index (χ1n) is 4.57. The fraction of sp³-hybridized carbons (Fsp3) is 0.333. The van der Waals surface area contributed by atoms with Gasteiger partial charge in [0.1, 0.15) is 5.75 Å². The van der Waals surface area contributed by atoms with Gasteiger partial charge < -0.3 is 4.74 Å². The van der Waals surface area contributed by atoms with E-state index in [1.54, 1.807) is 7.11 Å².